The third kappa shape index (κ3) is 5.16. The molecule has 3 rings (SSSR count). The van der Waals surface area contributed by atoms with E-state index in [4.69, 9.17) is 4.74 Å². The molecule has 1 atom stereocenters. The lowest BCUT2D eigenvalue weighted by Gasteiger charge is -2.16. The molecule has 0 radical (unpaired) electrons. The van der Waals surface area contributed by atoms with Crippen LogP contribution in [0.15, 0.2) is 61.2 Å². The van der Waals surface area contributed by atoms with E-state index < -0.39 is 0 Å². The van der Waals surface area contributed by atoms with Crippen LogP contribution in [0, 0.1) is 6.92 Å². The molecule has 25 heavy (non-hydrogen) atoms. The van der Waals surface area contributed by atoms with E-state index in [9.17, 15) is 0 Å². The van der Waals surface area contributed by atoms with Crippen molar-refractivity contribution in [2.75, 3.05) is 0 Å². The van der Waals surface area contributed by atoms with Gasteiger partial charge in [0.1, 0.15) is 12.4 Å². The quantitative estimate of drug-likeness (QED) is 0.685. The number of aryl methyl sites for hydroxylation is 1. The van der Waals surface area contributed by atoms with Gasteiger partial charge in [0.05, 0.1) is 12.7 Å². The summed E-state index contributed by atoms with van der Waals surface area (Å²) in [5.41, 5.74) is 3.39. The monoisotopic (exact) mass is 336 g/mol. The Morgan fingerprint density at radius 1 is 1.16 bits per heavy atom. The maximum absolute atomic E-state index is 5.98. The van der Waals surface area contributed by atoms with E-state index in [-0.39, 0.29) is 0 Å². The molecule has 0 aliphatic heterocycles. The highest BCUT2D eigenvalue weighted by molar-refractivity contribution is 5.33. The number of benzene rings is 1. The van der Waals surface area contributed by atoms with Crippen molar-refractivity contribution in [1.82, 2.24) is 20.1 Å². The van der Waals surface area contributed by atoms with E-state index in [2.05, 4.69) is 41.5 Å². The van der Waals surface area contributed by atoms with Crippen molar-refractivity contribution in [3.63, 3.8) is 0 Å². The fourth-order valence-electron chi connectivity index (χ4n) is 2.63. The molecule has 0 saturated carbocycles. The van der Waals surface area contributed by atoms with Crippen LogP contribution in [0.5, 0.6) is 5.75 Å². The molecule has 1 N–H and O–H groups in total. The predicted molar refractivity (Wildman–Crippen MR) is 98.3 cm³/mol. The van der Waals surface area contributed by atoms with Gasteiger partial charge in [0.2, 0.25) is 0 Å². The predicted octanol–water partition coefficient (Wildman–Crippen LogP) is 3.34. The average Bonchev–Trinajstić information content (AvgIpc) is 3.04. The van der Waals surface area contributed by atoms with Gasteiger partial charge in [-0.05, 0) is 31.5 Å². The SMILES string of the molecule is Cc1cnn(C[C@@H](C)NCc2ccccc2OCc2cccnc2)c1. The smallest absolute Gasteiger partial charge is 0.124 e. The Morgan fingerprint density at radius 2 is 2.04 bits per heavy atom. The van der Waals surface area contributed by atoms with Crippen LogP contribution in [0.2, 0.25) is 0 Å². The minimum Gasteiger partial charge on any atom is -0.489 e. The number of aromatic nitrogens is 3. The van der Waals surface area contributed by atoms with Gasteiger partial charge in [-0.1, -0.05) is 24.3 Å². The minimum absolute atomic E-state index is 0.311. The summed E-state index contributed by atoms with van der Waals surface area (Å²) in [6, 6.07) is 12.4. The van der Waals surface area contributed by atoms with Gasteiger partial charge >= 0.3 is 0 Å². The molecule has 3 aromatic rings. The van der Waals surface area contributed by atoms with Crippen LogP contribution in [0.3, 0.4) is 0 Å². The highest BCUT2D eigenvalue weighted by Crippen LogP contribution is 2.19. The second-order valence-corrected chi connectivity index (χ2v) is 6.28. The zero-order valence-electron chi connectivity index (χ0n) is 14.7. The molecule has 0 unspecified atom stereocenters. The van der Waals surface area contributed by atoms with E-state index in [1.54, 1.807) is 6.20 Å². The van der Waals surface area contributed by atoms with E-state index in [0.29, 0.717) is 12.6 Å². The number of pyridine rings is 1. The van der Waals surface area contributed by atoms with Gasteiger partial charge in [-0.15, -0.1) is 0 Å². The van der Waals surface area contributed by atoms with Gasteiger partial charge in [0.25, 0.3) is 0 Å². The fraction of sp³-hybridized carbons (Fsp3) is 0.300. The van der Waals surface area contributed by atoms with Crippen LogP contribution in [-0.4, -0.2) is 20.8 Å². The fourth-order valence-corrected chi connectivity index (χ4v) is 2.63. The van der Waals surface area contributed by atoms with Crippen molar-refractivity contribution in [1.29, 1.82) is 0 Å². The summed E-state index contributed by atoms with van der Waals surface area (Å²) >= 11 is 0. The number of nitrogens with zero attached hydrogens (tertiary/aromatic N) is 3. The molecule has 1 aromatic carbocycles. The van der Waals surface area contributed by atoms with E-state index >= 15 is 0 Å². The van der Waals surface area contributed by atoms with Crippen molar-refractivity contribution in [3.8, 4) is 5.75 Å². The number of nitrogens with one attached hydrogen (secondary N) is 1. The summed E-state index contributed by atoms with van der Waals surface area (Å²) < 4.78 is 7.95. The molecular formula is C20H24N4O. The highest BCUT2D eigenvalue weighted by atomic mass is 16.5. The average molecular weight is 336 g/mol. The summed E-state index contributed by atoms with van der Waals surface area (Å²) in [5, 5.41) is 7.88. The number of rotatable bonds is 8. The Hall–Kier alpha value is -2.66. The van der Waals surface area contributed by atoms with Gasteiger partial charge < -0.3 is 10.1 Å². The number of ether oxygens (including phenoxy) is 1. The first kappa shape index (κ1) is 17.2. The van der Waals surface area contributed by atoms with Gasteiger partial charge in [0.15, 0.2) is 0 Å². The minimum atomic E-state index is 0.311. The molecule has 0 aliphatic carbocycles. The molecule has 0 saturated heterocycles. The maximum atomic E-state index is 5.98. The summed E-state index contributed by atoms with van der Waals surface area (Å²) in [4.78, 5) is 4.12. The lowest BCUT2D eigenvalue weighted by molar-refractivity contribution is 0.300. The molecule has 0 aliphatic rings. The molecule has 5 nitrogen and oxygen atoms in total. The van der Waals surface area contributed by atoms with Crippen LogP contribution in [-0.2, 0) is 19.7 Å². The number of hydrogen-bond donors (Lipinski definition) is 1. The summed E-state index contributed by atoms with van der Waals surface area (Å²) in [6.07, 6.45) is 7.54. The van der Waals surface area contributed by atoms with Crippen molar-refractivity contribution in [3.05, 3.63) is 77.9 Å². The van der Waals surface area contributed by atoms with Crippen molar-refractivity contribution in [2.24, 2.45) is 0 Å². The van der Waals surface area contributed by atoms with Crippen LogP contribution < -0.4 is 10.1 Å². The zero-order chi connectivity index (χ0) is 17.5. The van der Waals surface area contributed by atoms with Crippen LogP contribution in [0.1, 0.15) is 23.6 Å². The summed E-state index contributed by atoms with van der Waals surface area (Å²) in [5.74, 6) is 0.904. The first-order valence-corrected chi connectivity index (χ1v) is 8.53. The maximum Gasteiger partial charge on any atom is 0.124 e. The van der Waals surface area contributed by atoms with Crippen LogP contribution in [0.25, 0.3) is 0 Å². The van der Waals surface area contributed by atoms with Crippen molar-refractivity contribution >= 4 is 0 Å². The first-order valence-electron chi connectivity index (χ1n) is 8.53. The second kappa shape index (κ2) is 8.44. The topological polar surface area (TPSA) is 52.0 Å². The number of hydrogen-bond acceptors (Lipinski definition) is 4. The molecule has 0 spiro atoms. The molecular weight excluding hydrogens is 312 g/mol. The Bertz CT molecular complexity index is 785. The lowest BCUT2D eigenvalue weighted by atomic mass is 10.2. The van der Waals surface area contributed by atoms with Gasteiger partial charge in [0, 0.05) is 42.3 Å². The van der Waals surface area contributed by atoms with Crippen LogP contribution >= 0.6 is 0 Å². The lowest BCUT2D eigenvalue weighted by Crippen LogP contribution is -2.30. The summed E-state index contributed by atoms with van der Waals surface area (Å²) in [6.45, 7) is 6.33. The van der Waals surface area contributed by atoms with E-state index in [1.807, 2.05) is 47.4 Å². The van der Waals surface area contributed by atoms with E-state index in [0.717, 1.165) is 30.0 Å². The number of para-hydroxylation sites is 1. The Kier molecular flexibility index (Phi) is 5.80. The van der Waals surface area contributed by atoms with Gasteiger partial charge in [-0.2, -0.15) is 5.10 Å². The Balaban J connectivity index is 1.55. The van der Waals surface area contributed by atoms with Gasteiger partial charge in [-0.25, -0.2) is 0 Å². The molecule has 5 heteroatoms. The standard InChI is InChI=1S/C20H24N4O/c1-16-10-23-24(13-16)14-17(2)22-12-19-7-3-4-8-20(19)25-15-18-6-5-9-21-11-18/h3-11,13,17,22H,12,14-15H2,1-2H3/t17-/m1/s1. The largest absolute Gasteiger partial charge is 0.489 e. The molecule has 0 fully saturated rings. The van der Waals surface area contributed by atoms with Crippen LogP contribution in [0.4, 0.5) is 0 Å². The third-order valence-corrected chi connectivity index (χ3v) is 3.95. The molecule has 2 aromatic heterocycles. The Morgan fingerprint density at radius 3 is 2.80 bits per heavy atom. The molecule has 2 heterocycles. The second-order valence-electron chi connectivity index (χ2n) is 6.28. The highest BCUT2D eigenvalue weighted by Gasteiger charge is 2.07. The Labute approximate surface area is 148 Å². The normalized spacial score (nSPS) is 12.1. The third-order valence-electron chi connectivity index (χ3n) is 3.95. The molecule has 130 valence electrons. The van der Waals surface area contributed by atoms with Gasteiger partial charge in [-0.3, -0.25) is 9.67 Å². The van der Waals surface area contributed by atoms with E-state index in [1.165, 1.54) is 5.56 Å². The first-order chi connectivity index (χ1) is 12.2. The molecule has 0 amide bonds. The van der Waals surface area contributed by atoms with Crippen molar-refractivity contribution < 1.29 is 4.74 Å². The van der Waals surface area contributed by atoms with Crippen molar-refractivity contribution in [2.45, 2.75) is 39.6 Å². The molecule has 0 bridgehead atoms. The summed E-state index contributed by atoms with van der Waals surface area (Å²) in [7, 11) is 0. The zero-order valence-corrected chi connectivity index (χ0v) is 14.7.